The first-order valence-corrected chi connectivity index (χ1v) is 10.1. The number of hydrogen-bond acceptors (Lipinski definition) is 6. The highest BCUT2D eigenvalue weighted by Crippen LogP contribution is 2.19. The molecule has 1 aromatic carbocycles. The van der Waals surface area contributed by atoms with Crippen molar-refractivity contribution in [2.45, 2.75) is 19.4 Å². The van der Waals surface area contributed by atoms with E-state index in [1.165, 1.54) is 4.90 Å². The molecule has 10 nitrogen and oxygen atoms in total. The van der Waals surface area contributed by atoms with Crippen molar-refractivity contribution in [1.29, 1.82) is 0 Å². The summed E-state index contributed by atoms with van der Waals surface area (Å²) < 4.78 is 5.25. The van der Waals surface area contributed by atoms with Gasteiger partial charge in [0.25, 0.3) is 0 Å². The van der Waals surface area contributed by atoms with Crippen LogP contribution in [-0.2, 0) is 16.1 Å². The average Bonchev–Trinajstić information content (AvgIpc) is 3.14. The zero-order chi connectivity index (χ0) is 21.1. The zero-order valence-corrected chi connectivity index (χ0v) is 17.0. The van der Waals surface area contributed by atoms with E-state index >= 15 is 0 Å². The summed E-state index contributed by atoms with van der Waals surface area (Å²) in [5.41, 5.74) is 1.85. The van der Waals surface area contributed by atoms with Gasteiger partial charge in [-0.15, -0.1) is 0 Å². The van der Waals surface area contributed by atoms with E-state index < -0.39 is 6.03 Å². The number of imide groups is 1. The Morgan fingerprint density at radius 3 is 2.70 bits per heavy atom. The number of urea groups is 1. The minimum Gasteiger partial charge on any atom is -0.497 e. The van der Waals surface area contributed by atoms with E-state index in [-0.39, 0.29) is 24.7 Å². The van der Waals surface area contributed by atoms with Crippen molar-refractivity contribution in [2.75, 3.05) is 46.4 Å². The highest BCUT2D eigenvalue weighted by molar-refractivity contribution is 5.96. The van der Waals surface area contributed by atoms with Crippen LogP contribution >= 0.6 is 0 Å². The summed E-state index contributed by atoms with van der Waals surface area (Å²) in [4.78, 5) is 49.0. The Kier molecular flexibility index (Phi) is 5.84. The van der Waals surface area contributed by atoms with Crippen LogP contribution in [0.5, 0.6) is 5.75 Å². The molecule has 2 aliphatic rings. The van der Waals surface area contributed by atoms with Gasteiger partial charge in [0.2, 0.25) is 11.8 Å². The van der Waals surface area contributed by atoms with Crippen LogP contribution in [0.3, 0.4) is 0 Å². The van der Waals surface area contributed by atoms with Crippen LogP contribution in [0, 0.1) is 0 Å². The van der Waals surface area contributed by atoms with Gasteiger partial charge in [0.05, 0.1) is 24.7 Å². The molecule has 4 rings (SSSR count). The van der Waals surface area contributed by atoms with E-state index in [9.17, 15) is 14.4 Å². The zero-order valence-electron chi connectivity index (χ0n) is 17.0. The number of benzene rings is 1. The summed E-state index contributed by atoms with van der Waals surface area (Å²) in [6.45, 7) is 4.24. The lowest BCUT2D eigenvalue weighted by Gasteiger charge is -2.35. The Balaban J connectivity index is 1.24. The van der Waals surface area contributed by atoms with Gasteiger partial charge in [0.15, 0.2) is 0 Å². The number of ether oxygens (including phenoxy) is 1. The van der Waals surface area contributed by atoms with Crippen LogP contribution in [0.25, 0.3) is 11.0 Å². The second kappa shape index (κ2) is 8.70. The Labute approximate surface area is 174 Å². The first kappa shape index (κ1) is 20.1. The molecule has 4 amide bonds. The molecule has 0 saturated carbocycles. The summed E-state index contributed by atoms with van der Waals surface area (Å²) >= 11 is 0. The van der Waals surface area contributed by atoms with Gasteiger partial charge in [-0.25, -0.2) is 9.78 Å². The maximum atomic E-state index is 12.5. The maximum absolute atomic E-state index is 12.5. The highest BCUT2D eigenvalue weighted by atomic mass is 16.5. The van der Waals surface area contributed by atoms with Crippen molar-refractivity contribution in [1.82, 2.24) is 30.0 Å². The Hall–Kier alpha value is -3.14. The standard InChI is InChI=1S/C20H26N6O4/c1-30-14-2-3-15-16(12-14)22-17(21-15)13-24-8-10-25(11-9-24)19(28)5-7-26-6-4-18(27)23-20(26)29/h2-3,12H,4-11,13H2,1H3,(H,21,22)(H,23,27,29). The molecule has 2 fully saturated rings. The molecular weight excluding hydrogens is 388 g/mol. The SMILES string of the molecule is COc1ccc2nc(CN3CCN(C(=O)CCN4CCC(=O)NC4=O)CC3)[nH]c2c1. The number of methoxy groups -OCH3 is 1. The third-order valence-electron chi connectivity index (χ3n) is 5.57. The number of fused-ring (bicyclic) bond motifs is 1. The van der Waals surface area contributed by atoms with Gasteiger partial charge in [-0.3, -0.25) is 19.8 Å². The number of aromatic amines is 1. The highest BCUT2D eigenvalue weighted by Gasteiger charge is 2.26. The van der Waals surface area contributed by atoms with Crippen molar-refractivity contribution in [2.24, 2.45) is 0 Å². The minimum absolute atomic E-state index is 0.0372. The summed E-state index contributed by atoms with van der Waals surface area (Å²) in [6.07, 6.45) is 0.556. The van der Waals surface area contributed by atoms with E-state index in [0.29, 0.717) is 32.7 Å². The first-order valence-electron chi connectivity index (χ1n) is 10.1. The van der Waals surface area contributed by atoms with Gasteiger partial charge >= 0.3 is 6.03 Å². The predicted molar refractivity (Wildman–Crippen MR) is 109 cm³/mol. The molecule has 160 valence electrons. The topological polar surface area (TPSA) is 111 Å². The number of nitrogens with zero attached hydrogens (tertiary/aromatic N) is 4. The second-order valence-electron chi connectivity index (χ2n) is 7.56. The second-order valence-corrected chi connectivity index (χ2v) is 7.56. The molecule has 0 atom stereocenters. The fourth-order valence-corrected chi connectivity index (χ4v) is 3.81. The first-order chi connectivity index (χ1) is 14.5. The molecule has 0 unspecified atom stereocenters. The van der Waals surface area contributed by atoms with E-state index in [1.807, 2.05) is 23.1 Å². The molecule has 0 spiro atoms. The van der Waals surface area contributed by atoms with E-state index in [2.05, 4.69) is 20.2 Å². The molecule has 1 aromatic heterocycles. The number of H-pyrrole nitrogens is 1. The number of aromatic nitrogens is 2. The van der Waals surface area contributed by atoms with Gasteiger partial charge in [-0.2, -0.15) is 0 Å². The summed E-state index contributed by atoms with van der Waals surface area (Å²) in [7, 11) is 1.64. The van der Waals surface area contributed by atoms with Crippen LogP contribution in [0.2, 0.25) is 0 Å². The molecule has 0 radical (unpaired) electrons. The van der Waals surface area contributed by atoms with E-state index in [1.54, 1.807) is 7.11 Å². The molecule has 0 aliphatic carbocycles. The Bertz CT molecular complexity index is 950. The molecule has 2 saturated heterocycles. The molecule has 10 heteroatoms. The molecule has 30 heavy (non-hydrogen) atoms. The number of nitrogens with one attached hydrogen (secondary N) is 2. The summed E-state index contributed by atoms with van der Waals surface area (Å²) in [5, 5.41) is 2.28. The quantitative estimate of drug-likeness (QED) is 0.714. The van der Waals surface area contributed by atoms with Gasteiger partial charge in [-0.1, -0.05) is 0 Å². The van der Waals surface area contributed by atoms with Gasteiger partial charge < -0.3 is 19.5 Å². The number of piperazine rings is 1. The number of amides is 4. The molecule has 3 heterocycles. The van der Waals surface area contributed by atoms with Crippen molar-refractivity contribution in [3.05, 3.63) is 24.0 Å². The van der Waals surface area contributed by atoms with Crippen molar-refractivity contribution in [3.63, 3.8) is 0 Å². The maximum Gasteiger partial charge on any atom is 0.324 e. The van der Waals surface area contributed by atoms with Gasteiger partial charge in [-0.05, 0) is 12.1 Å². The lowest BCUT2D eigenvalue weighted by Crippen LogP contribution is -2.51. The predicted octanol–water partition coefficient (Wildman–Crippen LogP) is 0.548. The van der Waals surface area contributed by atoms with Crippen LogP contribution in [0.15, 0.2) is 18.2 Å². The van der Waals surface area contributed by atoms with E-state index in [0.717, 1.165) is 35.7 Å². The van der Waals surface area contributed by atoms with Crippen molar-refractivity contribution in [3.8, 4) is 5.75 Å². The minimum atomic E-state index is -0.410. The lowest BCUT2D eigenvalue weighted by atomic mass is 10.2. The Morgan fingerprint density at radius 1 is 1.17 bits per heavy atom. The monoisotopic (exact) mass is 414 g/mol. The number of imidazole rings is 1. The smallest absolute Gasteiger partial charge is 0.324 e. The number of carbonyl (C=O) groups is 3. The van der Waals surface area contributed by atoms with Crippen LogP contribution in [0.1, 0.15) is 18.7 Å². The largest absolute Gasteiger partial charge is 0.497 e. The third-order valence-corrected chi connectivity index (χ3v) is 5.57. The summed E-state index contributed by atoms with van der Waals surface area (Å²) in [6, 6.07) is 5.35. The summed E-state index contributed by atoms with van der Waals surface area (Å²) in [5.74, 6) is 1.46. The molecule has 2 aromatic rings. The van der Waals surface area contributed by atoms with Crippen LogP contribution in [-0.4, -0.2) is 88.9 Å². The fourth-order valence-electron chi connectivity index (χ4n) is 3.81. The molecule has 2 aliphatic heterocycles. The number of rotatable bonds is 6. The third kappa shape index (κ3) is 4.54. The van der Waals surface area contributed by atoms with Crippen molar-refractivity contribution < 1.29 is 19.1 Å². The molecular formula is C20H26N6O4. The number of carbonyl (C=O) groups excluding carboxylic acids is 3. The fraction of sp³-hybridized carbons (Fsp3) is 0.500. The van der Waals surface area contributed by atoms with E-state index in [4.69, 9.17) is 4.74 Å². The van der Waals surface area contributed by atoms with Crippen LogP contribution < -0.4 is 10.1 Å². The Morgan fingerprint density at radius 2 is 1.97 bits per heavy atom. The molecule has 0 bridgehead atoms. The molecule has 2 N–H and O–H groups in total. The average molecular weight is 414 g/mol. The normalized spacial score (nSPS) is 18.0. The van der Waals surface area contributed by atoms with Gasteiger partial charge in [0.1, 0.15) is 11.6 Å². The van der Waals surface area contributed by atoms with Crippen LogP contribution in [0.4, 0.5) is 4.79 Å². The van der Waals surface area contributed by atoms with Crippen molar-refractivity contribution >= 4 is 28.9 Å². The number of hydrogen-bond donors (Lipinski definition) is 2. The van der Waals surface area contributed by atoms with Gasteiger partial charge in [0, 0.05) is 58.2 Å². The lowest BCUT2D eigenvalue weighted by molar-refractivity contribution is -0.133.